The number of carbonyl (C=O) groups is 1. The van der Waals surface area contributed by atoms with E-state index in [0.717, 1.165) is 11.3 Å². The zero-order valence-corrected chi connectivity index (χ0v) is 15.0. The normalized spacial score (nSPS) is 13.2. The van der Waals surface area contributed by atoms with Gasteiger partial charge in [-0.3, -0.25) is 4.79 Å². The summed E-state index contributed by atoms with van der Waals surface area (Å²) in [6.45, 7) is 10.9. The molecule has 0 saturated carbocycles. The molecule has 22 heavy (non-hydrogen) atoms. The second-order valence-corrected chi connectivity index (χ2v) is 6.12. The van der Waals surface area contributed by atoms with Gasteiger partial charge in [-0.2, -0.15) is 0 Å². The molecule has 1 aromatic carbocycles. The number of benzene rings is 1. The Hall–Kier alpha value is -1.26. The predicted octanol–water partition coefficient (Wildman–Crippen LogP) is 2.98. The fourth-order valence-electron chi connectivity index (χ4n) is 1.95. The monoisotopic (exact) mass is 328 g/mol. The minimum absolute atomic E-state index is 0. The van der Waals surface area contributed by atoms with Gasteiger partial charge in [0.1, 0.15) is 5.75 Å². The summed E-state index contributed by atoms with van der Waals surface area (Å²) in [6, 6.07) is 5.94. The molecule has 1 atom stereocenters. The first-order valence-corrected chi connectivity index (χ1v) is 7.50. The number of hydrogen-bond donors (Lipinski definition) is 2. The maximum atomic E-state index is 12.0. The predicted molar refractivity (Wildman–Crippen MR) is 93.7 cm³/mol. The molecule has 0 aliphatic rings. The van der Waals surface area contributed by atoms with E-state index in [0.29, 0.717) is 19.6 Å². The number of carbonyl (C=O) groups excluding carboxylic acids is 1. The average molecular weight is 329 g/mol. The molecule has 126 valence electrons. The van der Waals surface area contributed by atoms with Crippen molar-refractivity contribution in [2.24, 2.45) is 11.7 Å². The summed E-state index contributed by atoms with van der Waals surface area (Å²) in [6.07, 6.45) is 0.329. The van der Waals surface area contributed by atoms with Crippen molar-refractivity contribution in [3.05, 3.63) is 29.3 Å². The van der Waals surface area contributed by atoms with E-state index in [1.165, 1.54) is 5.56 Å². The average Bonchev–Trinajstić information content (AvgIpc) is 2.43. The van der Waals surface area contributed by atoms with E-state index in [-0.39, 0.29) is 29.8 Å². The first-order valence-electron chi connectivity index (χ1n) is 7.50. The zero-order chi connectivity index (χ0) is 16.0. The van der Waals surface area contributed by atoms with Crippen LogP contribution in [0.25, 0.3) is 0 Å². The molecule has 0 heterocycles. The Morgan fingerprint density at radius 3 is 2.55 bits per heavy atom. The van der Waals surface area contributed by atoms with Gasteiger partial charge in [0.2, 0.25) is 5.91 Å². The van der Waals surface area contributed by atoms with Crippen molar-refractivity contribution in [3.8, 4) is 5.75 Å². The Balaban J connectivity index is 0.00000441. The van der Waals surface area contributed by atoms with Crippen molar-refractivity contribution in [3.63, 3.8) is 0 Å². The Morgan fingerprint density at radius 1 is 1.36 bits per heavy atom. The maximum absolute atomic E-state index is 12.0. The molecule has 0 spiro atoms. The molecule has 1 aromatic rings. The summed E-state index contributed by atoms with van der Waals surface area (Å²) in [4.78, 5) is 12.0. The summed E-state index contributed by atoms with van der Waals surface area (Å²) >= 11 is 0. The molecule has 4 nitrogen and oxygen atoms in total. The van der Waals surface area contributed by atoms with E-state index in [1.54, 1.807) is 0 Å². The highest BCUT2D eigenvalue weighted by atomic mass is 35.5. The first kappa shape index (κ1) is 20.7. The van der Waals surface area contributed by atoms with Gasteiger partial charge < -0.3 is 15.8 Å². The Kier molecular flexibility index (Phi) is 8.49. The number of halogens is 1. The molecule has 0 aliphatic heterocycles. The largest absolute Gasteiger partial charge is 0.493 e. The number of nitrogens with one attached hydrogen (secondary N) is 1. The van der Waals surface area contributed by atoms with E-state index in [4.69, 9.17) is 10.5 Å². The molecule has 0 saturated heterocycles. The van der Waals surface area contributed by atoms with Crippen LogP contribution in [0.5, 0.6) is 5.75 Å². The van der Waals surface area contributed by atoms with Gasteiger partial charge in [-0.15, -0.1) is 12.4 Å². The minimum atomic E-state index is -0.365. The highest BCUT2D eigenvalue weighted by molar-refractivity contribution is 5.85. The molecular weight excluding hydrogens is 300 g/mol. The number of amides is 1. The third-order valence-electron chi connectivity index (χ3n) is 4.26. The second kappa shape index (κ2) is 9.01. The number of nitrogens with two attached hydrogens (primary N) is 1. The fourth-order valence-corrected chi connectivity index (χ4v) is 1.95. The van der Waals surface area contributed by atoms with E-state index >= 15 is 0 Å². The smallest absolute Gasteiger partial charge is 0.223 e. The lowest BCUT2D eigenvalue weighted by Gasteiger charge is -2.33. The lowest BCUT2D eigenvalue weighted by atomic mass is 9.88. The van der Waals surface area contributed by atoms with Gasteiger partial charge in [-0.05, 0) is 43.9 Å². The van der Waals surface area contributed by atoms with Crippen LogP contribution >= 0.6 is 12.4 Å². The summed E-state index contributed by atoms with van der Waals surface area (Å²) in [5.74, 6) is 1.10. The molecule has 5 heteroatoms. The molecular formula is C17H29ClN2O2. The Labute approximate surface area is 140 Å². The SMILES string of the molecule is Cc1cccc(OCCC(=O)NC(C)(CN)C(C)C)c1C.Cl. The number of hydrogen-bond acceptors (Lipinski definition) is 3. The van der Waals surface area contributed by atoms with Gasteiger partial charge in [-0.1, -0.05) is 26.0 Å². The van der Waals surface area contributed by atoms with E-state index in [1.807, 2.05) is 39.0 Å². The summed E-state index contributed by atoms with van der Waals surface area (Å²) in [5, 5.41) is 3.01. The molecule has 0 aromatic heterocycles. The molecule has 0 radical (unpaired) electrons. The summed E-state index contributed by atoms with van der Waals surface area (Å²) < 4.78 is 5.70. The van der Waals surface area contributed by atoms with Crippen molar-refractivity contribution in [1.82, 2.24) is 5.32 Å². The topological polar surface area (TPSA) is 64.3 Å². The van der Waals surface area contributed by atoms with Crippen LogP contribution in [0.3, 0.4) is 0 Å². The highest BCUT2D eigenvalue weighted by Gasteiger charge is 2.28. The fraction of sp³-hybridized carbons (Fsp3) is 0.588. The molecule has 3 N–H and O–H groups in total. The van der Waals surface area contributed by atoms with Crippen LogP contribution < -0.4 is 15.8 Å². The third kappa shape index (κ3) is 5.50. The van der Waals surface area contributed by atoms with Crippen molar-refractivity contribution in [2.75, 3.05) is 13.2 Å². The van der Waals surface area contributed by atoms with Gasteiger partial charge in [-0.25, -0.2) is 0 Å². The molecule has 0 bridgehead atoms. The van der Waals surface area contributed by atoms with Crippen LogP contribution in [0.2, 0.25) is 0 Å². The van der Waals surface area contributed by atoms with Crippen LogP contribution in [0.15, 0.2) is 18.2 Å². The molecule has 0 aliphatic carbocycles. The number of rotatable bonds is 7. The zero-order valence-electron chi connectivity index (χ0n) is 14.2. The van der Waals surface area contributed by atoms with E-state index < -0.39 is 0 Å². The maximum Gasteiger partial charge on any atom is 0.223 e. The molecule has 0 fully saturated rings. The van der Waals surface area contributed by atoms with Crippen LogP contribution in [0, 0.1) is 19.8 Å². The van der Waals surface area contributed by atoms with Crippen LogP contribution in [-0.2, 0) is 4.79 Å². The van der Waals surface area contributed by atoms with Crippen LogP contribution in [0.4, 0.5) is 0 Å². The van der Waals surface area contributed by atoms with Crippen LogP contribution in [0.1, 0.15) is 38.3 Å². The Bertz CT molecular complexity index is 492. The summed E-state index contributed by atoms with van der Waals surface area (Å²) in [5.41, 5.74) is 7.71. The van der Waals surface area contributed by atoms with E-state index in [2.05, 4.69) is 19.2 Å². The number of ether oxygens (including phenoxy) is 1. The number of aryl methyl sites for hydroxylation is 1. The second-order valence-electron chi connectivity index (χ2n) is 6.12. The quantitative estimate of drug-likeness (QED) is 0.808. The van der Waals surface area contributed by atoms with Gasteiger partial charge >= 0.3 is 0 Å². The van der Waals surface area contributed by atoms with Crippen LogP contribution in [-0.4, -0.2) is 24.6 Å². The van der Waals surface area contributed by atoms with Crippen molar-refractivity contribution < 1.29 is 9.53 Å². The molecule has 1 rings (SSSR count). The third-order valence-corrected chi connectivity index (χ3v) is 4.26. The molecule has 1 amide bonds. The molecule has 1 unspecified atom stereocenters. The summed E-state index contributed by atoms with van der Waals surface area (Å²) in [7, 11) is 0. The van der Waals surface area contributed by atoms with Crippen molar-refractivity contribution in [1.29, 1.82) is 0 Å². The van der Waals surface area contributed by atoms with Crippen molar-refractivity contribution in [2.45, 2.75) is 46.6 Å². The van der Waals surface area contributed by atoms with Crippen molar-refractivity contribution >= 4 is 18.3 Å². The van der Waals surface area contributed by atoms with Gasteiger partial charge in [0.05, 0.1) is 18.6 Å². The van der Waals surface area contributed by atoms with Gasteiger partial charge in [0, 0.05) is 6.54 Å². The first-order chi connectivity index (χ1) is 9.80. The lowest BCUT2D eigenvalue weighted by Crippen LogP contribution is -2.55. The van der Waals surface area contributed by atoms with E-state index in [9.17, 15) is 4.79 Å². The van der Waals surface area contributed by atoms with Gasteiger partial charge in [0.15, 0.2) is 0 Å². The van der Waals surface area contributed by atoms with Gasteiger partial charge in [0.25, 0.3) is 0 Å². The standard InChI is InChI=1S/C17H28N2O2.ClH/c1-12(2)17(5,11-18)19-16(20)9-10-21-15-8-6-7-13(3)14(15)4;/h6-8,12H,9-11,18H2,1-5H3,(H,19,20);1H. The Morgan fingerprint density at radius 2 is 2.00 bits per heavy atom. The highest BCUT2D eigenvalue weighted by Crippen LogP contribution is 2.20. The lowest BCUT2D eigenvalue weighted by molar-refractivity contribution is -0.123. The minimum Gasteiger partial charge on any atom is -0.493 e.